The average molecular weight is 479 g/mol. The van der Waals surface area contributed by atoms with Crippen molar-refractivity contribution in [2.75, 3.05) is 6.61 Å². The average Bonchev–Trinajstić information content (AvgIpc) is 3.13. The number of carbonyl (C=O) groups is 3. The first kappa shape index (κ1) is 24.8. The van der Waals surface area contributed by atoms with Gasteiger partial charge in [0.05, 0.1) is 0 Å². The van der Waals surface area contributed by atoms with E-state index >= 15 is 0 Å². The first-order valence-corrected chi connectivity index (χ1v) is 12.6. The third kappa shape index (κ3) is 6.02. The Labute approximate surface area is 206 Å². The molecule has 0 spiro atoms. The molecule has 0 radical (unpaired) electrons. The van der Waals surface area contributed by atoms with Crippen molar-refractivity contribution >= 4 is 18.0 Å². The van der Waals surface area contributed by atoms with Gasteiger partial charge in [0, 0.05) is 30.8 Å². The zero-order valence-corrected chi connectivity index (χ0v) is 20.2. The molecule has 0 saturated heterocycles. The van der Waals surface area contributed by atoms with E-state index in [1.165, 1.54) is 11.1 Å². The molecule has 0 aliphatic heterocycles. The van der Waals surface area contributed by atoms with Gasteiger partial charge in [0.1, 0.15) is 6.61 Å². The zero-order valence-electron chi connectivity index (χ0n) is 20.2. The Bertz CT molecular complexity index is 1020. The van der Waals surface area contributed by atoms with Crippen molar-refractivity contribution < 1.29 is 24.2 Å². The van der Waals surface area contributed by atoms with Crippen molar-refractivity contribution in [3.05, 3.63) is 59.7 Å². The molecule has 0 heterocycles. The number of ether oxygens (including phenoxy) is 1. The first-order valence-electron chi connectivity index (χ1n) is 12.6. The van der Waals surface area contributed by atoms with Gasteiger partial charge in [-0.25, -0.2) is 4.79 Å². The van der Waals surface area contributed by atoms with E-state index in [1.807, 2.05) is 31.2 Å². The van der Waals surface area contributed by atoms with E-state index in [4.69, 9.17) is 9.84 Å². The smallest absolute Gasteiger partial charge is 0.407 e. The van der Waals surface area contributed by atoms with E-state index in [9.17, 15) is 14.4 Å². The molecule has 3 N–H and O–H groups in total. The molecule has 1 fully saturated rings. The van der Waals surface area contributed by atoms with Gasteiger partial charge in [-0.2, -0.15) is 0 Å². The minimum absolute atomic E-state index is 0.0156. The standard InChI is InChI=1S/C28H34N2O5/c1-2-19(14-15-27(32)33)29-26(31)16-25(18-8-7-9-18)30-28(34)35-17-24-22-12-5-3-10-20(22)21-11-4-6-13-23(21)24/h3-6,10-13,18-19,24-25H,2,7-9,14-17H2,1H3,(H,29,31)(H,30,34)(H,32,33). The fourth-order valence-electron chi connectivity index (χ4n) is 5.13. The molecule has 7 nitrogen and oxygen atoms in total. The van der Waals surface area contributed by atoms with E-state index in [1.54, 1.807) is 0 Å². The molecule has 7 heteroatoms. The van der Waals surface area contributed by atoms with Gasteiger partial charge in [0.15, 0.2) is 0 Å². The number of carboxylic acid groups (broad SMARTS) is 1. The number of rotatable bonds is 11. The van der Waals surface area contributed by atoms with Crippen LogP contribution < -0.4 is 10.6 Å². The maximum absolute atomic E-state index is 12.8. The van der Waals surface area contributed by atoms with E-state index in [2.05, 4.69) is 34.9 Å². The minimum atomic E-state index is -0.873. The molecule has 2 aliphatic rings. The number of aliphatic carboxylic acids is 1. The Morgan fingerprint density at radius 3 is 2.17 bits per heavy atom. The van der Waals surface area contributed by atoms with Gasteiger partial charge >= 0.3 is 12.1 Å². The highest BCUT2D eigenvalue weighted by molar-refractivity contribution is 5.80. The van der Waals surface area contributed by atoms with Crippen molar-refractivity contribution in [3.63, 3.8) is 0 Å². The van der Waals surface area contributed by atoms with Crippen LogP contribution in [-0.4, -0.2) is 41.8 Å². The van der Waals surface area contributed by atoms with E-state index in [0.717, 1.165) is 30.4 Å². The first-order chi connectivity index (χ1) is 17.0. The molecule has 35 heavy (non-hydrogen) atoms. The number of nitrogens with one attached hydrogen (secondary N) is 2. The minimum Gasteiger partial charge on any atom is -0.481 e. The molecule has 2 aliphatic carbocycles. The van der Waals surface area contributed by atoms with Gasteiger partial charge in [-0.1, -0.05) is 61.9 Å². The lowest BCUT2D eigenvalue weighted by molar-refractivity contribution is -0.137. The van der Waals surface area contributed by atoms with Gasteiger partial charge < -0.3 is 20.5 Å². The summed E-state index contributed by atoms with van der Waals surface area (Å²) in [7, 11) is 0. The predicted molar refractivity (Wildman–Crippen MR) is 133 cm³/mol. The van der Waals surface area contributed by atoms with Crippen molar-refractivity contribution in [3.8, 4) is 11.1 Å². The summed E-state index contributed by atoms with van der Waals surface area (Å²) in [4.78, 5) is 36.3. The maximum atomic E-state index is 12.8. The number of carboxylic acids is 1. The van der Waals surface area contributed by atoms with Crippen molar-refractivity contribution in [2.24, 2.45) is 5.92 Å². The fourth-order valence-corrected chi connectivity index (χ4v) is 5.13. The van der Waals surface area contributed by atoms with E-state index < -0.39 is 12.1 Å². The summed E-state index contributed by atoms with van der Waals surface area (Å²) in [6.45, 7) is 2.15. The zero-order chi connectivity index (χ0) is 24.8. The highest BCUT2D eigenvalue weighted by atomic mass is 16.5. The molecule has 0 aromatic heterocycles. The fraction of sp³-hybridized carbons (Fsp3) is 0.464. The normalized spacial score (nSPS) is 16.4. The molecule has 2 aromatic rings. The third-order valence-corrected chi connectivity index (χ3v) is 7.34. The second-order valence-electron chi connectivity index (χ2n) is 9.58. The lowest BCUT2D eigenvalue weighted by atomic mass is 9.78. The summed E-state index contributed by atoms with van der Waals surface area (Å²) in [5.74, 6) is -0.807. The highest BCUT2D eigenvalue weighted by Crippen LogP contribution is 2.44. The number of benzene rings is 2. The predicted octanol–water partition coefficient (Wildman–Crippen LogP) is 4.84. The summed E-state index contributed by atoms with van der Waals surface area (Å²) in [5.41, 5.74) is 4.66. The van der Waals surface area contributed by atoms with Crippen LogP contribution in [0.15, 0.2) is 48.5 Å². The number of alkyl carbamates (subject to hydrolysis) is 1. The van der Waals surface area contributed by atoms with Crippen LogP contribution >= 0.6 is 0 Å². The number of carbonyl (C=O) groups excluding carboxylic acids is 2. The molecule has 186 valence electrons. The molecular weight excluding hydrogens is 444 g/mol. The number of fused-ring (bicyclic) bond motifs is 3. The van der Waals surface area contributed by atoms with Crippen molar-refractivity contribution in [2.45, 2.75) is 69.9 Å². The number of hydrogen-bond donors (Lipinski definition) is 3. The second-order valence-corrected chi connectivity index (χ2v) is 9.58. The van der Waals surface area contributed by atoms with Crippen LogP contribution in [-0.2, 0) is 14.3 Å². The lowest BCUT2D eigenvalue weighted by Gasteiger charge is -2.34. The van der Waals surface area contributed by atoms with E-state index in [0.29, 0.717) is 12.8 Å². The maximum Gasteiger partial charge on any atom is 0.407 e. The van der Waals surface area contributed by atoms with Gasteiger partial charge in [0.25, 0.3) is 0 Å². The number of hydrogen-bond acceptors (Lipinski definition) is 4. The summed E-state index contributed by atoms with van der Waals surface area (Å²) >= 11 is 0. The van der Waals surface area contributed by atoms with Crippen molar-refractivity contribution in [1.82, 2.24) is 10.6 Å². The molecule has 2 unspecified atom stereocenters. The van der Waals surface area contributed by atoms with Crippen LogP contribution in [0.1, 0.15) is 68.9 Å². The number of amides is 2. The van der Waals surface area contributed by atoms with E-state index in [-0.39, 0.29) is 49.3 Å². The lowest BCUT2D eigenvalue weighted by Crippen LogP contribution is -2.47. The summed E-state index contributed by atoms with van der Waals surface area (Å²) in [6, 6.07) is 15.9. The molecule has 1 saturated carbocycles. The SMILES string of the molecule is CCC(CCC(=O)O)NC(=O)CC(NC(=O)OCC1c2ccccc2-c2ccccc21)C1CCC1. The van der Waals surface area contributed by atoms with Crippen LogP contribution in [0, 0.1) is 5.92 Å². The highest BCUT2D eigenvalue weighted by Gasteiger charge is 2.32. The Balaban J connectivity index is 1.34. The summed E-state index contributed by atoms with van der Waals surface area (Å²) in [6.07, 6.45) is 3.76. The van der Waals surface area contributed by atoms with Crippen LogP contribution in [0.4, 0.5) is 4.79 Å². The summed E-state index contributed by atoms with van der Waals surface area (Å²) in [5, 5.41) is 14.8. The Morgan fingerprint density at radius 1 is 1.00 bits per heavy atom. The van der Waals surface area contributed by atoms with Crippen LogP contribution in [0.2, 0.25) is 0 Å². The van der Waals surface area contributed by atoms with Crippen LogP contribution in [0.5, 0.6) is 0 Å². The van der Waals surface area contributed by atoms with Gasteiger partial charge in [-0.3, -0.25) is 9.59 Å². The summed E-state index contributed by atoms with van der Waals surface area (Å²) < 4.78 is 5.69. The Kier molecular flexibility index (Phi) is 8.06. The quantitative estimate of drug-likeness (QED) is 0.429. The Morgan fingerprint density at radius 2 is 1.63 bits per heavy atom. The molecule has 2 atom stereocenters. The second kappa shape index (κ2) is 11.4. The molecule has 2 amide bonds. The largest absolute Gasteiger partial charge is 0.481 e. The van der Waals surface area contributed by atoms with Gasteiger partial charge in [0.2, 0.25) is 5.91 Å². The third-order valence-electron chi connectivity index (χ3n) is 7.34. The van der Waals surface area contributed by atoms with Crippen molar-refractivity contribution in [1.29, 1.82) is 0 Å². The van der Waals surface area contributed by atoms with Gasteiger partial charge in [-0.15, -0.1) is 0 Å². The molecule has 2 aromatic carbocycles. The van der Waals surface area contributed by atoms with Crippen LogP contribution in [0.3, 0.4) is 0 Å². The monoisotopic (exact) mass is 478 g/mol. The van der Waals surface area contributed by atoms with Gasteiger partial charge in [-0.05, 0) is 53.9 Å². The topological polar surface area (TPSA) is 105 Å². The van der Waals surface area contributed by atoms with Crippen LogP contribution in [0.25, 0.3) is 11.1 Å². The Hall–Kier alpha value is -3.35. The molecule has 0 bridgehead atoms. The molecule has 4 rings (SSSR count). The molecular formula is C28H34N2O5.